The number of aliphatic imine (C=N–C) groups is 1. The standard InChI is InChI=1S/C31H25N3O2S/c1-20-7-3-4-9-23(20)18-29-30(32-31(35)37-29)34-28(22-13-15-26(36-2)16-14-22)19-27(33-34)25-12-11-21-8-5-6-10-24(21)17-25/h3-18,28H,19H2,1-2H3/b29-18-. The molecule has 0 spiro atoms. The van der Waals surface area contributed by atoms with E-state index >= 15 is 0 Å². The number of fused-ring (bicyclic) bond motifs is 1. The van der Waals surface area contributed by atoms with Gasteiger partial charge in [-0.1, -0.05) is 72.8 Å². The molecule has 0 aliphatic carbocycles. The molecule has 0 saturated carbocycles. The van der Waals surface area contributed by atoms with Crippen molar-refractivity contribution in [3.8, 4) is 5.75 Å². The zero-order chi connectivity index (χ0) is 25.4. The van der Waals surface area contributed by atoms with Crippen LogP contribution >= 0.6 is 11.8 Å². The highest BCUT2D eigenvalue weighted by molar-refractivity contribution is 8.18. The highest BCUT2D eigenvalue weighted by Crippen LogP contribution is 2.40. The number of amides is 1. The molecule has 0 bridgehead atoms. The third-order valence-corrected chi connectivity index (χ3v) is 7.59. The Kier molecular flexibility index (Phi) is 6.10. The number of amidine groups is 1. The Hall–Kier alpha value is -4.16. The highest BCUT2D eigenvalue weighted by Gasteiger charge is 2.37. The lowest BCUT2D eigenvalue weighted by Crippen LogP contribution is -2.26. The van der Waals surface area contributed by atoms with Crippen molar-refractivity contribution in [2.24, 2.45) is 10.1 Å². The molecular weight excluding hydrogens is 478 g/mol. The third kappa shape index (κ3) is 4.56. The van der Waals surface area contributed by atoms with E-state index in [0.717, 1.165) is 50.4 Å². The monoisotopic (exact) mass is 503 g/mol. The van der Waals surface area contributed by atoms with E-state index < -0.39 is 0 Å². The number of carbonyl (C=O) groups is 1. The van der Waals surface area contributed by atoms with Gasteiger partial charge in [0.1, 0.15) is 5.75 Å². The minimum Gasteiger partial charge on any atom is -0.497 e. The summed E-state index contributed by atoms with van der Waals surface area (Å²) in [4.78, 5) is 17.8. The summed E-state index contributed by atoms with van der Waals surface area (Å²) in [5.41, 5.74) is 5.33. The summed E-state index contributed by atoms with van der Waals surface area (Å²) < 4.78 is 5.38. The lowest BCUT2D eigenvalue weighted by molar-refractivity contribution is 0.267. The zero-order valence-electron chi connectivity index (χ0n) is 20.6. The molecule has 0 saturated heterocycles. The van der Waals surface area contributed by atoms with Crippen molar-refractivity contribution in [3.63, 3.8) is 0 Å². The van der Waals surface area contributed by atoms with Crippen LogP contribution in [-0.4, -0.2) is 28.9 Å². The van der Waals surface area contributed by atoms with Crippen LogP contribution in [0.1, 0.15) is 34.7 Å². The van der Waals surface area contributed by atoms with E-state index in [1.165, 1.54) is 10.8 Å². The molecule has 2 aliphatic heterocycles. The van der Waals surface area contributed by atoms with Crippen molar-refractivity contribution < 1.29 is 9.53 Å². The Morgan fingerprint density at radius 3 is 2.49 bits per heavy atom. The number of thioether (sulfide) groups is 1. The minimum absolute atomic E-state index is 0.0992. The van der Waals surface area contributed by atoms with Gasteiger partial charge in [0.25, 0.3) is 0 Å². The van der Waals surface area contributed by atoms with Crippen molar-refractivity contribution in [1.29, 1.82) is 0 Å². The number of benzene rings is 4. The Balaban J connectivity index is 1.44. The topological polar surface area (TPSA) is 54.3 Å². The molecular formula is C31H25N3O2S. The summed E-state index contributed by atoms with van der Waals surface area (Å²) in [5, 5.41) is 9.14. The summed E-state index contributed by atoms with van der Waals surface area (Å²) in [6, 6.07) is 30.8. The van der Waals surface area contributed by atoms with Crippen LogP contribution in [-0.2, 0) is 0 Å². The second-order valence-corrected chi connectivity index (χ2v) is 10.1. The number of nitrogens with zero attached hydrogens (tertiary/aromatic N) is 3. The van der Waals surface area contributed by atoms with E-state index in [2.05, 4.69) is 66.5 Å². The Morgan fingerprint density at radius 2 is 1.70 bits per heavy atom. The predicted octanol–water partition coefficient (Wildman–Crippen LogP) is 7.61. The number of ether oxygens (including phenoxy) is 1. The van der Waals surface area contributed by atoms with Crippen molar-refractivity contribution >= 4 is 45.4 Å². The lowest BCUT2D eigenvalue weighted by Gasteiger charge is -2.24. The average Bonchev–Trinajstić information content (AvgIpc) is 3.53. The van der Waals surface area contributed by atoms with E-state index in [9.17, 15) is 4.79 Å². The molecule has 0 fully saturated rings. The van der Waals surface area contributed by atoms with Crippen LogP contribution < -0.4 is 4.74 Å². The second kappa shape index (κ2) is 9.71. The van der Waals surface area contributed by atoms with E-state index in [0.29, 0.717) is 12.3 Å². The molecule has 2 heterocycles. The molecule has 1 unspecified atom stereocenters. The second-order valence-electron chi connectivity index (χ2n) is 9.11. The first-order valence-corrected chi connectivity index (χ1v) is 13.0. The van der Waals surface area contributed by atoms with E-state index in [1.54, 1.807) is 7.11 Å². The molecule has 0 N–H and O–H groups in total. The molecule has 37 heavy (non-hydrogen) atoms. The zero-order valence-corrected chi connectivity index (χ0v) is 21.4. The van der Waals surface area contributed by atoms with Gasteiger partial charge in [0.2, 0.25) is 0 Å². The van der Waals surface area contributed by atoms with Crippen LogP contribution in [0.4, 0.5) is 4.79 Å². The quantitative estimate of drug-likeness (QED) is 0.288. The maximum absolute atomic E-state index is 12.6. The van der Waals surface area contributed by atoms with Crippen LogP contribution in [0.25, 0.3) is 16.8 Å². The maximum Gasteiger partial charge on any atom is 0.311 e. The number of aryl methyl sites for hydroxylation is 1. The summed E-state index contributed by atoms with van der Waals surface area (Å²) in [7, 11) is 1.66. The Morgan fingerprint density at radius 1 is 0.946 bits per heavy atom. The summed E-state index contributed by atoms with van der Waals surface area (Å²) in [6.45, 7) is 2.07. The van der Waals surface area contributed by atoms with Gasteiger partial charge in [0.05, 0.1) is 23.8 Å². The van der Waals surface area contributed by atoms with Crippen LogP contribution in [0.2, 0.25) is 0 Å². The lowest BCUT2D eigenvalue weighted by atomic mass is 9.96. The number of carbonyl (C=O) groups excluding carboxylic acids is 1. The number of rotatable bonds is 4. The maximum atomic E-state index is 12.6. The molecule has 5 nitrogen and oxygen atoms in total. The fourth-order valence-electron chi connectivity index (χ4n) is 4.79. The van der Waals surface area contributed by atoms with E-state index in [4.69, 9.17) is 9.84 Å². The Bertz CT molecular complexity index is 1600. The van der Waals surface area contributed by atoms with Gasteiger partial charge in [0, 0.05) is 6.42 Å². The SMILES string of the molecule is COc1ccc(C2CC(c3ccc4ccccc4c3)=NN2C2=NC(=O)S/C2=C\c2ccccc2C)cc1. The molecule has 0 radical (unpaired) electrons. The van der Waals surface area contributed by atoms with Crippen LogP contribution in [0.15, 0.2) is 106 Å². The molecule has 4 aromatic carbocycles. The molecule has 1 atom stereocenters. The number of hydrazone groups is 1. The minimum atomic E-state index is -0.224. The van der Waals surface area contributed by atoms with Gasteiger partial charge in [-0.15, -0.1) is 0 Å². The molecule has 2 aliphatic rings. The van der Waals surface area contributed by atoms with Gasteiger partial charge in [-0.3, -0.25) is 4.79 Å². The molecule has 182 valence electrons. The first-order chi connectivity index (χ1) is 18.1. The van der Waals surface area contributed by atoms with Gasteiger partial charge in [-0.05, 0) is 76.0 Å². The van der Waals surface area contributed by atoms with E-state index in [1.807, 2.05) is 47.5 Å². The van der Waals surface area contributed by atoms with E-state index in [-0.39, 0.29) is 11.3 Å². The molecule has 0 aromatic heterocycles. The summed E-state index contributed by atoms with van der Waals surface area (Å²) in [5.74, 6) is 1.39. The fraction of sp³-hybridized carbons (Fsp3) is 0.129. The van der Waals surface area contributed by atoms with Gasteiger partial charge in [0.15, 0.2) is 5.84 Å². The van der Waals surface area contributed by atoms with Gasteiger partial charge >= 0.3 is 5.24 Å². The number of hydrogen-bond donors (Lipinski definition) is 0. The largest absolute Gasteiger partial charge is 0.497 e. The van der Waals surface area contributed by atoms with Crippen LogP contribution in [0.5, 0.6) is 5.75 Å². The van der Waals surface area contributed by atoms with Gasteiger partial charge in [-0.25, -0.2) is 5.01 Å². The molecule has 4 aromatic rings. The highest BCUT2D eigenvalue weighted by atomic mass is 32.2. The predicted molar refractivity (Wildman–Crippen MR) is 152 cm³/mol. The van der Waals surface area contributed by atoms with Crippen molar-refractivity contribution in [3.05, 3.63) is 118 Å². The molecule has 1 amide bonds. The first kappa shape index (κ1) is 23.3. The fourth-order valence-corrected chi connectivity index (χ4v) is 5.52. The molecule has 6 heteroatoms. The molecule has 6 rings (SSSR count). The summed E-state index contributed by atoms with van der Waals surface area (Å²) in [6.07, 6.45) is 2.73. The summed E-state index contributed by atoms with van der Waals surface area (Å²) >= 11 is 1.15. The van der Waals surface area contributed by atoms with Gasteiger partial charge in [-0.2, -0.15) is 10.1 Å². The van der Waals surface area contributed by atoms with Crippen molar-refractivity contribution in [2.45, 2.75) is 19.4 Å². The van der Waals surface area contributed by atoms with Crippen LogP contribution in [0.3, 0.4) is 0 Å². The number of methoxy groups -OCH3 is 1. The normalized spacial score (nSPS) is 18.4. The average molecular weight is 504 g/mol. The van der Waals surface area contributed by atoms with Gasteiger partial charge < -0.3 is 4.74 Å². The number of hydrogen-bond acceptors (Lipinski definition) is 5. The smallest absolute Gasteiger partial charge is 0.311 e. The third-order valence-electron chi connectivity index (χ3n) is 6.80. The van der Waals surface area contributed by atoms with Crippen LogP contribution in [0, 0.1) is 6.92 Å². The first-order valence-electron chi connectivity index (χ1n) is 12.2. The van der Waals surface area contributed by atoms with Crippen molar-refractivity contribution in [1.82, 2.24) is 5.01 Å². The Labute approximate surface area is 220 Å². The van der Waals surface area contributed by atoms with Crippen molar-refractivity contribution in [2.75, 3.05) is 7.11 Å².